The molecular formula is C16H26N2O3. The molecule has 118 valence electrons. The maximum Gasteiger partial charge on any atom is 0.352 e. The Hall–Kier alpha value is -1.78. The first-order chi connectivity index (χ1) is 9.66. The van der Waals surface area contributed by atoms with Gasteiger partial charge in [0.1, 0.15) is 5.69 Å². The van der Waals surface area contributed by atoms with Gasteiger partial charge in [-0.05, 0) is 37.2 Å². The summed E-state index contributed by atoms with van der Waals surface area (Å²) in [6.45, 7) is 12.6. The minimum Gasteiger partial charge on any atom is -0.477 e. The molecule has 0 aliphatic rings. The Labute approximate surface area is 126 Å². The Bertz CT molecular complexity index is 522. The second-order valence-corrected chi connectivity index (χ2v) is 6.29. The summed E-state index contributed by atoms with van der Waals surface area (Å²) in [6, 6.07) is 0. The van der Waals surface area contributed by atoms with Crippen molar-refractivity contribution in [2.45, 2.75) is 41.5 Å². The first-order valence-electron chi connectivity index (χ1n) is 7.37. The minimum atomic E-state index is -1.04. The number of H-pyrrole nitrogens is 1. The van der Waals surface area contributed by atoms with Crippen molar-refractivity contribution in [3.05, 3.63) is 22.5 Å². The van der Waals surface area contributed by atoms with E-state index in [1.54, 1.807) is 13.8 Å². The third-order valence-electron chi connectivity index (χ3n) is 4.09. The van der Waals surface area contributed by atoms with Gasteiger partial charge in [0.05, 0.1) is 5.56 Å². The van der Waals surface area contributed by atoms with Gasteiger partial charge in [-0.15, -0.1) is 0 Å². The molecular weight excluding hydrogens is 268 g/mol. The minimum absolute atomic E-state index is 0.0851. The van der Waals surface area contributed by atoms with Gasteiger partial charge in [0.15, 0.2) is 0 Å². The predicted molar refractivity (Wildman–Crippen MR) is 82.7 cm³/mol. The smallest absolute Gasteiger partial charge is 0.352 e. The molecule has 0 aromatic carbocycles. The lowest BCUT2D eigenvalue weighted by Gasteiger charge is -2.25. The summed E-state index contributed by atoms with van der Waals surface area (Å²) in [5, 5.41) is 12.0. The largest absolute Gasteiger partial charge is 0.477 e. The molecule has 0 unspecified atom stereocenters. The fraction of sp³-hybridized carbons (Fsp3) is 0.625. The number of hydrogen-bond donors (Lipinski definition) is 3. The van der Waals surface area contributed by atoms with E-state index in [1.165, 1.54) is 0 Å². The molecule has 1 heterocycles. The van der Waals surface area contributed by atoms with Crippen LogP contribution in [-0.4, -0.2) is 28.5 Å². The van der Waals surface area contributed by atoms with Crippen LogP contribution in [-0.2, 0) is 0 Å². The Morgan fingerprint density at radius 1 is 1.14 bits per heavy atom. The normalized spacial score (nSPS) is 11.5. The number of carboxylic acid groups (broad SMARTS) is 1. The van der Waals surface area contributed by atoms with Gasteiger partial charge in [-0.2, -0.15) is 0 Å². The summed E-state index contributed by atoms with van der Waals surface area (Å²) in [4.78, 5) is 26.2. The van der Waals surface area contributed by atoms with Gasteiger partial charge in [0.25, 0.3) is 5.91 Å². The van der Waals surface area contributed by atoms with Crippen LogP contribution >= 0.6 is 0 Å². The van der Waals surface area contributed by atoms with Gasteiger partial charge >= 0.3 is 5.97 Å². The second kappa shape index (κ2) is 6.78. The maximum absolute atomic E-state index is 12.3. The topological polar surface area (TPSA) is 82.2 Å². The Morgan fingerprint density at radius 3 is 2.05 bits per heavy atom. The third kappa shape index (κ3) is 3.86. The number of aromatic carboxylic acids is 1. The molecule has 0 saturated carbocycles. The van der Waals surface area contributed by atoms with Crippen LogP contribution in [0.4, 0.5) is 0 Å². The molecule has 0 spiro atoms. The molecule has 0 radical (unpaired) electrons. The van der Waals surface area contributed by atoms with E-state index in [-0.39, 0.29) is 11.6 Å². The zero-order chi connectivity index (χ0) is 16.3. The fourth-order valence-corrected chi connectivity index (χ4v) is 2.84. The molecule has 1 amide bonds. The van der Waals surface area contributed by atoms with E-state index in [0.29, 0.717) is 41.1 Å². The van der Waals surface area contributed by atoms with E-state index < -0.39 is 5.97 Å². The number of rotatable bonds is 6. The summed E-state index contributed by atoms with van der Waals surface area (Å²) in [5.74, 6) is 0.103. The van der Waals surface area contributed by atoms with E-state index in [4.69, 9.17) is 5.11 Å². The quantitative estimate of drug-likeness (QED) is 0.754. The molecule has 5 heteroatoms. The molecule has 0 saturated heterocycles. The second-order valence-electron chi connectivity index (χ2n) is 6.29. The number of nitrogens with one attached hydrogen (secondary N) is 2. The zero-order valence-corrected chi connectivity index (χ0v) is 13.7. The van der Waals surface area contributed by atoms with E-state index >= 15 is 0 Å². The SMILES string of the molecule is Cc1[nH]c(C(=O)O)c(C)c1C(=O)NCC(C(C)C)C(C)C. The number of hydrogen-bond acceptors (Lipinski definition) is 2. The monoisotopic (exact) mass is 294 g/mol. The van der Waals surface area contributed by atoms with Gasteiger partial charge in [-0.25, -0.2) is 4.79 Å². The predicted octanol–water partition coefficient (Wildman–Crippen LogP) is 2.99. The average molecular weight is 294 g/mol. The van der Waals surface area contributed by atoms with Gasteiger partial charge < -0.3 is 15.4 Å². The van der Waals surface area contributed by atoms with Crippen molar-refractivity contribution >= 4 is 11.9 Å². The van der Waals surface area contributed by atoms with Crippen molar-refractivity contribution in [1.29, 1.82) is 0 Å². The Morgan fingerprint density at radius 2 is 1.67 bits per heavy atom. The molecule has 1 rings (SSSR count). The van der Waals surface area contributed by atoms with Crippen molar-refractivity contribution in [3.63, 3.8) is 0 Å². The van der Waals surface area contributed by atoms with Gasteiger partial charge in [0.2, 0.25) is 0 Å². The van der Waals surface area contributed by atoms with Crippen molar-refractivity contribution in [2.24, 2.45) is 17.8 Å². The average Bonchev–Trinajstić information content (AvgIpc) is 2.64. The number of aryl methyl sites for hydroxylation is 1. The highest BCUT2D eigenvalue weighted by Gasteiger charge is 2.23. The summed E-state index contributed by atoms with van der Waals surface area (Å²) >= 11 is 0. The van der Waals surface area contributed by atoms with Crippen molar-refractivity contribution in [1.82, 2.24) is 10.3 Å². The van der Waals surface area contributed by atoms with Crippen LogP contribution in [0.25, 0.3) is 0 Å². The van der Waals surface area contributed by atoms with Crippen LogP contribution in [0.5, 0.6) is 0 Å². The highest BCUT2D eigenvalue weighted by molar-refractivity contribution is 6.00. The molecule has 0 fully saturated rings. The number of aromatic amines is 1. The van der Waals surface area contributed by atoms with Crippen LogP contribution in [0, 0.1) is 31.6 Å². The van der Waals surface area contributed by atoms with Crippen molar-refractivity contribution in [2.75, 3.05) is 6.54 Å². The van der Waals surface area contributed by atoms with Crippen LogP contribution in [0.15, 0.2) is 0 Å². The molecule has 3 N–H and O–H groups in total. The number of carbonyl (C=O) groups is 2. The molecule has 5 nitrogen and oxygen atoms in total. The molecule has 0 bridgehead atoms. The lowest BCUT2D eigenvalue weighted by atomic mass is 9.85. The molecule has 1 aromatic heterocycles. The molecule has 21 heavy (non-hydrogen) atoms. The number of aromatic nitrogens is 1. The summed E-state index contributed by atoms with van der Waals surface area (Å²) in [5.41, 5.74) is 1.61. The lowest BCUT2D eigenvalue weighted by molar-refractivity contribution is 0.0690. The lowest BCUT2D eigenvalue weighted by Crippen LogP contribution is -2.34. The number of carboxylic acids is 1. The standard InChI is InChI=1S/C16H26N2O3/c1-8(2)12(9(3)4)7-17-15(19)13-10(5)14(16(20)21)18-11(13)6/h8-9,12,18H,7H2,1-6H3,(H,17,19)(H,20,21). The highest BCUT2D eigenvalue weighted by atomic mass is 16.4. The van der Waals surface area contributed by atoms with E-state index in [9.17, 15) is 9.59 Å². The molecule has 0 aliphatic carbocycles. The number of carbonyl (C=O) groups excluding carboxylic acids is 1. The fourth-order valence-electron chi connectivity index (χ4n) is 2.84. The van der Waals surface area contributed by atoms with Crippen LogP contribution in [0.2, 0.25) is 0 Å². The molecule has 0 atom stereocenters. The van der Waals surface area contributed by atoms with Crippen LogP contribution < -0.4 is 5.32 Å². The number of amides is 1. The zero-order valence-electron chi connectivity index (χ0n) is 13.7. The van der Waals surface area contributed by atoms with Crippen LogP contribution in [0.1, 0.15) is 59.8 Å². The van der Waals surface area contributed by atoms with Crippen LogP contribution in [0.3, 0.4) is 0 Å². The van der Waals surface area contributed by atoms with E-state index in [0.717, 1.165) is 0 Å². The highest BCUT2D eigenvalue weighted by Crippen LogP contribution is 2.21. The maximum atomic E-state index is 12.3. The third-order valence-corrected chi connectivity index (χ3v) is 4.09. The summed E-state index contributed by atoms with van der Waals surface area (Å²) in [6.07, 6.45) is 0. The van der Waals surface area contributed by atoms with Crippen molar-refractivity contribution < 1.29 is 14.7 Å². The van der Waals surface area contributed by atoms with E-state index in [2.05, 4.69) is 38.0 Å². The van der Waals surface area contributed by atoms with Gasteiger partial charge in [0, 0.05) is 12.2 Å². The van der Waals surface area contributed by atoms with Gasteiger partial charge in [-0.1, -0.05) is 27.7 Å². The Kier molecular flexibility index (Phi) is 5.58. The summed E-state index contributed by atoms with van der Waals surface area (Å²) in [7, 11) is 0. The molecule has 1 aromatic rings. The molecule has 0 aliphatic heterocycles. The van der Waals surface area contributed by atoms with E-state index in [1.807, 2.05) is 0 Å². The summed E-state index contributed by atoms with van der Waals surface area (Å²) < 4.78 is 0. The first-order valence-corrected chi connectivity index (χ1v) is 7.37. The van der Waals surface area contributed by atoms with Gasteiger partial charge in [-0.3, -0.25) is 4.79 Å². The Balaban J connectivity index is 2.88. The first kappa shape index (κ1) is 17.3. The van der Waals surface area contributed by atoms with Crippen molar-refractivity contribution in [3.8, 4) is 0 Å².